The molecule has 2 rings (SSSR count). The molecular weight excluding hydrogens is 454 g/mol. The zero-order valence-electron chi connectivity index (χ0n) is 21.0. The Bertz CT molecular complexity index is 1060. The fourth-order valence-corrected chi connectivity index (χ4v) is 3.50. The van der Waals surface area contributed by atoms with E-state index in [1.54, 1.807) is 24.9 Å². The van der Waals surface area contributed by atoms with Gasteiger partial charge in [0.1, 0.15) is 12.3 Å². The highest BCUT2D eigenvalue weighted by atomic mass is 35.5. The lowest BCUT2D eigenvalue weighted by molar-refractivity contribution is -0.0648. The molecule has 0 aliphatic rings. The molecule has 0 bridgehead atoms. The molecule has 34 heavy (non-hydrogen) atoms. The predicted octanol–water partition coefficient (Wildman–Crippen LogP) is 6.43. The van der Waals surface area contributed by atoms with Crippen molar-refractivity contribution in [3.63, 3.8) is 0 Å². The van der Waals surface area contributed by atoms with Crippen LogP contribution in [0.3, 0.4) is 0 Å². The van der Waals surface area contributed by atoms with E-state index >= 15 is 0 Å². The highest BCUT2D eigenvalue weighted by Crippen LogP contribution is 2.35. The molecule has 0 aliphatic carbocycles. The third-order valence-electron chi connectivity index (χ3n) is 5.00. The van der Waals surface area contributed by atoms with Crippen LogP contribution < -0.4 is 0 Å². The van der Waals surface area contributed by atoms with Crippen LogP contribution in [0.15, 0.2) is 41.9 Å². The van der Waals surface area contributed by atoms with E-state index < -0.39 is 12.4 Å². The lowest BCUT2D eigenvalue weighted by Gasteiger charge is -2.22. The first-order valence-electron chi connectivity index (χ1n) is 11.1. The van der Waals surface area contributed by atoms with E-state index in [9.17, 15) is 4.79 Å². The quantitative estimate of drug-likeness (QED) is 0.134. The maximum absolute atomic E-state index is 12.0. The van der Waals surface area contributed by atoms with E-state index in [2.05, 4.69) is 49.6 Å². The van der Waals surface area contributed by atoms with Gasteiger partial charge in [-0.15, -0.1) is 0 Å². The first-order valence-corrected chi connectivity index (χ1v) is 11.5. The summed E-state index contributed by atoms with van der Waals surface area (Å²) in [5.74, 6) is 0.394. The molecule has 1 aromatic heterocycles. The summed E-state index contributed by atoms with van der Waals surface area (Å²) in [6, 6.07) is 8.18. The van der Waals surface area contributed by atoms with Crippen molar-refractivity contribution >= 4 is 35.3 Å². The van der Waals surface area contributed by atoms with Crippen LogP contribution in [0.5, 0.6) is 0 Å². The van der Waals surface area contributed by atoms with Gasteiger partial charge >= 0.3 is 6.16 Å². The van der Waals surface area contributed by atoms with Gasteiger partial charge in [0.15, 0.2) is 5.76 Å². The smallest absolute Gasteiger partial charge is 0.452 e. The van der Waals surface area contributed by atoms with Crippen LogP contribution in [0.25, 0.3) is 11.3 Å². The molecule has 1 aromatic carbocycles. The monoisotopic (exact) mass is 487 g/mol. The van der Waals surface area contributed by atoms with Gasteiger partial charge in [-0.3, -0.25) is 9.67 Å². The molecular formula is C26H34ClN3O4. The first-order chi connectivity index (χ1) is 16.0. The zero-order valence-corrected chi connectivity index (χ0v) is 21.8. The second-order valence-electron chi connectivity index (χ2n) is 8.67. The number of halogens is 1. The second-order valence-corrected chi connectivity index (χ2v) is 9.05. The lowest BCUT2D eigenvalue weighted by Crippen LogP contribution is -2.20. The van der Waals surface area contributed by atoms with Crippen LogP contribution >= 0.6 is 11.6 Å². The van der Waals surface area contributed by atoms with Crippen LogP contribution in [0, 0.1) is 6.92 Å². The number of hydrogen-bond donors (Lipinski definition) is 0. The molecule has 2 aromatic rings. The summed E-state index contributed by atoms with van der Waals surface area (Å²) in [6.07, 6.45) is 1.32. The molecule has 1 atom stereocenters. The summed E-state index contributed by atoms with van der Waals surface area (Å²) in [5.41, 5.74) is 3.99. The summed E-state index contributed by atoms with van der Waals surface area (Å²) in [6.45, 7) is 16.0. The second kappa shape index (κ2) is 11.9. The Labute approximate surface area is 207 Å². The highest BCUT2D eigenvalue weighted by molar-refractivity contribution is 6.33. The van der Waals surface area contributed by atoms with Crippen LogP contribution in [0.2, 0.25) is 5.02 Å². The predicted molar refractivity (Wildman–Crippen MR) is 137 cm³/mol. The third kappa shape index (κ3) is 6.73. The number of ether oxygens (including phenoxy) is 3. The topological polar surface area (TPSA) is 74.9 Å². The Morgan fingerprint density at radius 2 is 1.91 bits per heavy atom. The van der Waals surface area contributed by atoms with Crippen molar-refractivity contribution in [2.45, 2.75) is 59.8 Å². The summed E-state index contributed by atoms with van der Waals surface area (Å²) in [4.78, 5) is 16.2. The average molecular weight is 488 g/mol. The number of rotatable bonds is 9. The summed E-state index contributed by atoms with van der Waals surface area (Å²) < 4.78 is 18.1. The molecule has 0 saturated heterocycles. The number of carbonyl (C=O) groups is 1. The van der Waals surface area contributed by atoms with E-state index in [0.717, 1.165) is 5.56 Å². The van der Waals surface area contributed by atoms with Crippen molar-refractivity contribution in [2.24, 2.45) is 4.99 Å². The molecule has 0 N–H and O–H groups in total. The number of aromatic nitrogens is 2. The van der Waals surface area contributed by atoms with Gasteiger partial charge in [-0.1, -0.05) is 69.3 Å². The van der Waals surface area contributed by atoms with Gasteiger partial charge in [-0.2, -0.15) is 5.10 Å². The van der Waals surface area contributed by atoms with Gasteiger partial charge in [0.2, 0.25) is 6.29 Å². The van der Waals surface area contributed by atoms with Crippen LogP contribution in [0.4, 0.5) is 4.79 Å². The number of carbonyl (C=O) groups excluding carboxylic acids is 1. The molecule has 0 spiro atoms. The first kappa shape index (κ1) is 27.2. The standard InChI is InChI=1S/C26H34ClN3O4/c1-9-15-32-25(31)34-18(4)33-24(23-22(27)17(3)29-30(23)10-2)21(16-28-8)19-11-13-20(14-12-19)26(5,6)7/h9,11-14,16,18H,1,10,15H2,2-8H3/b24-21-,28-16-. The van der Waals surface area contributed by atoms with Gasteiger partial charge in [-0.25, -0.2) is 4.79 Å². The Kier molecular flexibility index (Phi) is 9.50. The van der Waals surface area contributed by atoms with E-state index in [1.807, 2.05) is 26.0 Å². The van der Waals surface area contributed by atoms with Crippen molar-refractivity contribution in [3.05, 3.63) is 64.5 Å². The minimum atomic E-state index is -0.974. The highest BCUT2D eigenvalue weighted by Gasteiger charge is 2.25. The lowest BCUT2D eigenvalue weighted by atomic mass is 9.86. The number of allylic oxidation sites excluding steroid dienone is 1. The maximum Gasteiger partial charge on any atom is 0.511 e. The van der Waals surface area contributed by atoms with E-state index in [4.69, 9.17) is 25.8 Å². The molecule has 1 heterocycles. The van der Waals surface area contributed by atoms with Gasteiger partial charge in [-0.05, 0) is 30.4 Å². The molecule has 0 radical (unpaired) electrons. The molecule has 184 valence electrons. The SMILES string of the molecule is C=CCOC(=O)OC(C)O/C(=C(/C=N\C)c1ccc(C(C)(C)C)cc1)c1c(Cl)c(C)nn1CC. The minimum Gasteiger partial charge on any atom is -0.452 e. The van der Waals surface area contributed by atoms with Crippen molar-refractivity contribution in [1.29, 1.82) is 0 Å². The fourth-order valence-electron chi connectivity index (χ4n) is 3.28. The van der Waals surface area contributed by atoms with Gasteiger partial charge in [0.25, 0.3) is 0 Å². The number of aryl methyl sites for hydroxylation is 2. The van der Waals surface area contributed by atoms with Gasteiger partial charge < -0.3 is 14.2 Å². The molecule has 7 nitrogen and oxygen atoms in total. The Hall–Kier alpha value is -3.06. The van der Waals surface area contributed by atoms with Crippen LogP contribution in [-0.4, -0.2) is 42.1 Å². The minimum absolute atomic E-state index is 0.00991. The Balaban J connectivity index is 2.65. The number of aliphatic imine (C=N–C) groups is 1. The number of benzene rings is 1. The van der Waals surface area contributed by atoms with E-state index in [-0.39, 0.29) is 12.0 Å². The molecule has 1 unspecified atom stereocenters. The zero-order chi connectivity index (χ0) is 25.5. The van der Waals surface area contributed by atoms with Crippen LogP contribution in [0.1, 0.15) is 57.1 Å². The van der Waals surface area contributed by atoms with Gasteiger partial charge in [0.05, 0.1) is 10.7 Å². The summed E-state index contributed by atoms with van der Waals surface area (Å²) in [7, 11) is 1.68. The number of nitrogens with zero attached hydrogens (tertiary/aromatic N) is 3. The van der Waals surface area contributed by atoms with Crippen LogP contribution in [-0.2, 0) is 26.2 Å². The summed E-state index contributed by atoms with van der Waals surface area (Å²) >= 11 is 6.68. The van der Waals surface area contributed by atoms with E-state index in [1.165, 1.54) is 11.6 Å². The molecule has 0 saturated carbocycles. The van der Waals surface area contributed by atoms with Crippen molar-refractivity contribution in [3.8, 4) is 0 Å². The third-order valence-corrected chi connectivity index (χ3v) is 5.45. The average Bonchev–Trinajstić information content (AvgIpc) is 3.07. The van der Waals surface area contributed by atoms with Crippen molar-refractivity contribution in [2.75, 3.05) is 13.7 Å². The van der Waals surface area contributed by atoms with Crippen molar-refractivity contribution < 1.29 is 19.0 Å². The molecule has 0 amide bonds. The summed E-state index contributed by atoms with van der Waals surface area (Å²) in [5, 5.41) is 4.97. The molecule has 0 aliphatic heterocycles. The van der Waals surface area contributed by atoms with E-state index in [0.29, 0.717) is 34.3 Å². The largest absolute Gasteiger partial charge is 0.511 e. The molecule has 8 heteroatoms. The Morgan fingerprint density at radius 3 is 2.44 bits per heavy atom. The fraction of sp³-hybridized carbons (Fsp3) is 0.423. The van der Waals surface area contributed by atoms with Crippen molar-refractivity contribution in [1.82, 2.24) is 9.78 Å². The molecule has 0 fully saturated rings. The maximum atomic E-state index is 12.0. The number of hydrogen-bond acceptors (Lipinski definition) is 6. The van der Waals surface area contributed by atoms with Gasteiger partial charge in [0, 0.05) is 32.3 Å². The Morgan fingerprint density at radius 1 is 1.26 bits per heavy atom. The normalized spacial score (nSPS) is 13.4.